The number of hydrogen-bond donors (Lipinski definition) is 1. The minimum Gasteiger partial charge on any atom is -0.445 e. The molecule has 0 aliphatic heterocycles. The van der Waals surface area contributed by atoms with Crippen LogP contribution >= 0.6 is 0 Å². The number of rotatable bonds is 6. The van der Waals surface area contributed by atoms with Gasteiger partial charge in [0.05, 0.1) is 22.4 Å². The molecule has 2 aromatic heterocycles. The molecule has 1 fully saturated rings. The van der Waals surface area contributed by atoms with Crippen LogP contribution in [-0.2, 0) is 11.0 Å². The van der Waals surface area contributed by atoms with Gasteiger partial charge in [0.1, 0.15) is 23.5 Å². The largest absolute Gasteiger partial charge is 0.445 e. The Morgan fingerprint density at radius 1 is 1.33 bits per heavy atom. The minimum absolute atomic E-state index is 0.0332. The van der Waals surface area contributed by atoms with Gasteiger partial charge in [-0.1, -0.05) is 18.2 Å². The normalized spacial score (nSPS) is 21.5. The number of aliphatic hydroxyl groups is 1. The van der Waals surface area contributed by atoms with Crippen LogP contribution in [-0.4, -0.2) is 43.7 Å². The maximum absolute atomic E-state index is 14.4. The molecule has 188 valence electrons. The number of benzene rings is 1. The third kappa shape index (κ3) is 3.40. The summed E-state index contributed by atoms with van der Waals surface area (Å²) in [5.74, 6) is -1.70. The molecule has 2 aliphatic carbocycles. The second-order valence-electron chi connectivity index (χ2n) is 10.1. The van der Waals surface area contributed by atoms with Crippen LogP contribution in [0.25, 0.3) is 11.3 Å². The van der Waals surface area contributed by atoms with Gasteiger partial charge in [-0.2, -0.15) is 5.10 Å². The number of likely N-dealkylation sites (N-methyl/N-ethyl adjacent to an activating group) is 1. The minimum atomic E-state index is -1.32. The lowest BCUT2D eigenvalue weighted by Crippen LogP contribution is -2.51. The monoisotopic (exact) mass is 494 g/mol. The first kappa shape index (κ1) is 24.2. The molecule has 0 radical (unpaired) electrons. The van der Waals surface area contributed by atoms with Gasteiger partial charge in [-0.15, -0.1) is 5.10 Å². The summed E-state index contributed by atoms with van der Waals surface area (Å²) < 4.78 is 34.2. The van der Waals surface area contributed by atoms with E-state index in [-0.39, 0.29) is 40.7 Å². The number of amides is 1. The molecule has 2 aliphatic rings. The van der Waals surface area contributed by atoms with Crippen molar-refractivity contribution in [2.24, 2.45) is 0 Å². The summed E-state index contributed by atoms with van der Waals surface area (Å²) >= 11 is 0. The average Bonchev–Trinajstić information content (AvgIpc) is 3.51. The molecule has 36 heavy (non-hydrogen) atoms. The molecule has 1 amide bonds. The van der Waals surface area contributed by atoms with E-state index < -0.39 is 22.7 Å². The maximum Gasteiger partial charge on any atom is 0.276 e. The highest BCUT2D eigenvalue weighted by Gasteiger charge is 2.58. The lowest BCUT2D eigenvalue weighted by Gasteiger charge is -2.41. The molecule has 1 aromatic carbocycles. The van der Waals surface area contributed by atoms with Gasteiger partial charge in [-0.3, -0.25) is 4.79 Å². The first-order valence-corrected chi connectivity index (χ1v) is 12.0. The molecule has 0 spiro atoms. The van der Waals surface area contributed by atoms with Crippen LogP contribution < -0.4 is 0 Å². The van der Waals surface area contributed by atoms with Crippen molar-refractivity contribution in [2.75, 3.05) is 6.54 Å². The number of halogens is 2. The van der Waals surface area contributed by atoms with Gasteiger partial charge in [-0.05, 0) is 64.3 Å². The van der Waals surface area contributed by atoms with Gasteiger partial charge in [0.25, 0.3) is 5.91 Å². The van der Waals surface area contributed by atoms with Crippen LogP contribution in [0.2, 0.25) is 0 Å². The fourth-order valence-corrected chi connectivity index (χ4v) is 5.85. The maximum atomic E-state index is 14.4. The summed E-state index contributed by atoms with van der Waals surface area (Å²) in [5.41, 5.74) is 0.539. The fraction of sp³-hybridized carbons (Fsp3) is 0.407. The standard InChI is InChI=1S/C27H28F2N4O3/c1-6-33(24(34)21-13-36-25(30-21)26(4,5)35)15(3)27-11-10-16(14(27)2)17-12-20(31-32-23(17)27)22-18(28)8-7-9-19(22)29/h7-9,12-13,15-16,35H,2,6,10-11H2,1,3-5H3/t15-,16-,27+/m1/s1. The summed E-state index contributed by atoms with van der Waals surface area (Å²) in [6.07, 6.45) is 2.77. The van der Waals surface area contributed by atoms with Crippen LogP contribution in [0.1, 0.15) is 74.1 Å². The number of fused-ring (bicyclic) bond motifs is 5. The molecule has 0 unspecified atom stereocenters. The Bertz CT molecular complexity index is 1360. The molecule has 1 N–H and O–H groups in total. The van der Waals surface area contributed by atoms with Crippen LogP contribution in [0.4, 0.5) is 8.78 Å². The van der Waals surface area contributed by atoms with E-state index in [4.69, 9.17) is 4.42 Å². The molecule has 5 rings (SSSR count). The zero-order valence-electron chi connectivity index (χ0n) is 20.7. The Labute approximate surface area is 207 Å². The Kier molecular flexibility index (Phi) is 5.59. The van der Waals surface area contributed by atoms with Crippen LogP contribution in [0.15, 0.2) is 47.1 Å². The van der Waals surface area contributed by atoms with E-state index in [1.807, 2.05) is 13.8 Å². The fourth-order valence-electron chi connectivity index (χ4n) is 5.85. The SMILES string of the molecule is C=C1[C@H]2CC[C@]1([C@@H](C)N(CC)C(=O)c1coc(C(C)(C)O)n1)c1nnc(-c3c(F)cccc3F)cc12. The van der Waals surface area contributed by atoms with E-state index in [0.717, 1.165) is 24.0 Å². The third-order valence-corrected chi connectivity index (χ3v) is 7.69. The number of oxazole rings is 1. The summed E-state index contributed by atoms with van der Waals surface area (Å²) in [4.78, 5) is 19.4. The number of nitrogens with zero attached hydrogens (tertiary/aromatic N) is 4. The average molecular weight is 495 g/mol. The molecule has 1 saturated carbocycles. The van der Waals surface area contributed by atoms with E-state index >= 15 is 0 Å². The van der Waals surface area contributed by atoms with Crippen molar-refractivity contribution < 1.29 is 23.1 Å². The third-order valence-electron chi connectivity index (χ3n) is 7.69. The first-order valence-electron chi connectivity index (χ1n) is 12.0. The number of carbonyl (C=O) groups is 1. The summed E-state index contributed by atoms with van der Waals surface area (Å²) in [7, 11) is 0. The van der Waals surface area contributed by atoms with E-state index in [2.05, 4.69) is 21.8 Å². The summed E-state index contributed by atoms with van der Waals surface area (Å²) in [6.45, 7) is 11.7. The van der Waals surface area contributed by atoms with Crippen molar-refractivity contribution in [1.29, 1.82) is 0 Å². The van der Waals surface area contributed by atoms with Gasteiger partial charge < -0.3 is 14.4 Å². The van der Waals surface area contributed by atoms with E-state index in [0.29, 0.717) is 12.2 Å². The smallest absolute Gasteiger partial charge is 0.276 e. The quantitative estimate of drug-likeness (QED) is 0.492. The molecule has 2 bridgehead atoms. The van der Waals surface area contributed by atoms with Crippen LogP contribution in [0.3, 0.4) is 0 Å². The summed E-state index contributed by atoms with van der Waals surface area (Å²) in [6, 6.07) is 5.06. The van der Waals surface area contributed by atoms with Gasteiger partial charge >= 0.3 is 0 Å². The van der Waals surface area contributed by atoms with E-state index in [1.165, 1.54) is 38.3 Å². The Balaban J connectivity index is 1.53. The van der Waals surface area contributed by atoms with E-state index in [9.17, 15) is 18.7 Å². The number of carbonyl (C=O) groups excluding carboxylic acids is 1. The number of aromatic nitrogens is 3. The van der Waals surface area contributed by atoms with Gasteiger partial charge in [0.2, 0.25) is 5.89 Å². The highest BCUT2D eigenvalue weighted by Crippen LogP contribution is 2.62. The molecule has 0 saturated heterocycles. The zero-order chi connectivity index (χ0) is 26.0. The highest BCUT2D eigenvalue weighted by molar-refractivity contribution is 5.92. The van der Waals surface area contributed by atoms with Crippen LogP contribution in [0.5, 0.6) is 0 Å². The van der Waals surface area contributed by atoms with Crippen molar-refractivity contribution in [1.82, 2.24) is 20.1 Å². The van der Waals surface area contributed by atoms with Gasteiger partial charge in [0, 0.05) is 18.5 Å². The second kappa shape index (κ2) is 8.30. The van der Waals surface area contributed by atoms with Crippen molar-refractivity contribution >= 4 is 5.91 Å². The molecule has 2 heterocycles. The summed E-state index contributed by atoms with van der Waals surface area (Å²) in [5, 5.41) is 18.9. The lowest BCUT2D eigenvalue weighted by molar-refractivity contribution is 0.0482. The highest BCUT2D eigenvalue weighted by atomic mass is 19.1. The lowest BCUT2D eigenvalue weighted by atomic mass is 9.74. The topological polar surface area (TPSA) is 92.4 Å². The Morgan fingerprint density at radius 2 is 2.03 bits per heavy atom. The Hall–Kier alpha value is -3.46. The van der Waals surface area contributed by atoms with Crippen molar-refractivity contribution in [3.05, 3.63) is 77.2 Å². The molecule has 7 nitrogen and oxygen atoms in total. The second-order valence-corrected chi connectivity index (χ2v) is 10.1. The van der Waals surface area contributed by atoms with E-state index in [1.54, 1.807) is 11.0 Å². The molecule has 9 heteroatoms. The number of hydrogen-bond acceptors (Lipinski definition) is 6. The molecular formula is C27H28F2N4O3. The zero-order valence-corrected chi connectivity index (χ0v) is 20.7. The van der Waals surface area contributed by atoms with Crippen LogP contribution in [0, 0.1) is 11.6 Å². The van der Waals surface area contributed by atoms with Crippen molar-refractivity contribution in [3.63, 3.8) is 0 Å². The van der Waals surface area contributed by atoms with Gasteiger partial charge in [0.15, 0.2) is 5.69 Å². The van der Waals surface area contributed by atoms with Gasteiger partial charge in [-0.25, -0.2) is 13.8 Å². The predicted molar refractivity (Wildman–Crippen MR) is 128 cm³/mol. The predicted octanol–water partition coefficient (Wildman–Crippen LogP) is 4.87. The molecular weight excluding hydrogens is 466 g/mol. The first-order chi connectivity index (χ1) is 17.0. The molecule has 3 atom stereocenters. The molecule has 3 aromatic rings. The van der Waals surface area contributed by atoms with Crippen molar-refractivity contribution in [2.45, 2.75) is 63.5 Å². The Morgan fingerprint density at radius 3 is 2.64 bits per heavy atom. The van der Waals surface area contributed by atoms with Crippen molar-refractivity contribution in [3.8, 4) is 11.3 Å².